The number of aromatic nitrogens is 2. The van der Waals surface area contributed by atoms with Crippen LogP contribution in [-0.4, -0.2) is 22.5 Å². The Morgan fingerprint density at radius 2 is 1.45 bits per heavy atom. The topological polar surface area (TPSA) is 52.1 Å². The van der Waals surface area contributed by atoms with Crippen LogP contribution in [0, 0.1) is 0 Å². The zero-order valence-electron chi connectivity index (χ0n) is 16.7. The van der Waals surface area contributed by atoms with Gasteiger partial charge in [-0.15, -0.1) is 0 Å². The van der Waals surface area contributed by atoms with Gasteiger partial charge in [0.2, 0.25) is 0 Å². The highest BCUT2D eigenvalue weighted by Gasteiger charge is 2.26. The monoisotopic (exact) mass is 448 g/mol. The van der Waals surface area contributed by atoms with Crippen molar-refractivity contribution in [3.8, 4) is 33.9 Å². The molecule has 0 atom stereocenters. The molecule has 0 radical (unpaired) electrons. The molecule has 0 spiro atoms. The molecule has 0 unspecified atom stereocenters. The van der Waals surface area contributed by atoms with Crippen LogP contribution in [0.25, 0.3) is 33.9 Å². The van der Waals surface area contributed by atoms with Gasteiger partial charge in [-0.05, 0) is 25.1 Å². The first-order valence-electron chi connectivity index (χ1n) is 9.74. The highest BCUT2D eigenvalue weighted by Crippen LogP contribution is 2.37. The summed E-state index contributed by atoms with van der Waals surface area (Å²) >= 11 is 12.6. The van der Waals surface area contributed by atoms with Gasteiger partial charge in [-0.2, -0.15) is 0 Å². The molecular formula is C25H18Cl2N2O2. The molecule has 4 rings (SSSR count). The van der Waals surface area contributed by atoms with E-state index in [9.17, 15) is 4.79 Å². The maximum atomic E-state index is 13.1. The molecule has 0 saturated heterocycles. The summed E-state index contributed by atoms with van der Waals surface area (Å²) in [4.78, 5) is 22.6. The van der Waals surface area contributed by atoms with Crippen molar-refractivity contribution in [2.45, 2.75) is 6.92 Å². The first-order valence-corrected chi connectivity index (χ1v) is 10.5. The van der Waals surface area contributed by atoms with Gasteiger partial charge in [-0.1, -0.05) is 83.9 Å². The third-order valence-corrected chi connectivity index (χ3v) is 5.20. The Kier molecular flexibility index (Phi) is 6.31. The van der Waals surface area contributed by atoms with Gasteiger partial charge in [0.1, 0.15) is 5.56 Å². The predicted molar refractivity (Wildman–Crippen MR) is 124 cm³/mol. The molecule has 0 bridgehead atoms. The largest absolute Gasteiger partial charge is 0.462 e. The van der Waals surface area contributed by atoms with Crippen LogP contribution in [0.4, 0.5) is 0 Å². The van der Waals surface area contributed by atoms with E-state index in [1.54, 1.807) is 25.1 Å². The maximum Gasteiger partial charge on any atom is 0.342 e. The van der Waals surface area contributed by atoms with Crippen molar-refractivity contribution >= 4 is 29.2 Å². The summed E-state index contributed by atoms with van der Waals surface area (Å²) in [6.07, 6.45) is 0. The summed E-state index contributed by atoms with van der Waals surface area (Å²) in [5.74, 6) is -0.0319. The average molecular weight is 449 g/mol. The minimum atomic E-state index is -0.512. The lowest BCUT2D eigenvalue weighted by Gasteiger charge is -2.16. The van der Waals surface area contributed by atoms with E-state index in [-0.39, 0.29) is 12.2 Å². The molecule has 0 aliphatic rings. The summed E-state index contributed by atoms with van der Waals surface area (Å²) in [7, 11) is 0. The number of carbonyl (C=O) groups excluding carboxylic acids is 1. The van der Waals surface area contributed by atoms with Crippen LogP contribution in [0.5, 0.6) is 0 Å². The van der Waals surface area contributed by atoms with E-state index in [2.05, 4.69) is 0 Å². The van der Waals surface area contributed by atoms with Crippen LogP contribution in [0.3, 0.4) is 0 Å². The highest BCUT2D eigenvalue weighted by atomic mass is 35.5. The minimum absolute atomic E-state index is 0.224. The van der Waals surface area contributed by atoms with Crippen LogP contribution in [0.2, 0.25) is 10.0 Å². The standard InChI is InChI=1S/C25H18Cl2N2O2/c1-2-31-25(30)21-22(16-9-5-3-6-10-16)28-24(17-11-7-4-8-12-17)29-23(21)19-14-13-18(26)15-20(19)27/h3-15H,2H2,1H3. The van der Waals surface area contributed by atoms with Gasteiger partial charge in [0, 0.05) is 21.7 Å². The van der Waals surface area contributed by atoms with Crippen molar-refractivity contribution in [1.29, 1.82) is 0 Å². The fraction of sp³-hybridized carbons (Fsp3) is 0.0800. The summed E-state index contributed by atoms with van der Waals surface area (Å²) in [6, 6.07) is 24.2. The predicted octanol–water partition coefficient (Wildman–Crippen LogP) is 6.96. The van der Waals surface area contributed by atoms with E-state index >= 15 is 0 Å². The van der Waals surface area contributed by atoms with Crippen LogP contribution in [0.15, 0.2) is 78.9 Å². The summed E-state index contributed by atoms with van der Waals surface area (Å²) in [5, 5.41) is 0.877. The Morgan fingerprint density at radius 3 is 2.06 bits per heavy atom. The smallest absolute Gasteiger partial charge is 0.342 e. The van der Waals surface area contributed by atoms with Gasteiger partial charge >= 0.3 is 5.97 Å². The summed E-state index contributed by atoms with van der Waals surface area (Å²) in [6.45, 7) is 1.98. The molecule has 3 aromatic carbocycles. The average Bonchev–Trinajstić information content (AvgIpc) is 2.79. The van der Waals surface area contributed by atoms with Crippen molar-refractivity contribution in [3.63, 3.8) is 0 Å². The lowest BCUT2D eigenvalue weighted by Crippen LogP contribution is -2.12. The minimum Gasteiger partial charge on any atom is -0.462 e. The number of hydrogen-bond acceptors (Lipinski definition) is 4. The number of esters is 1. The number of hydrogen-bond donors (Lipinski definition) is 0. The van der Waals surface area contributed by atoms with Crippen molar-refractivity contribution < 1.29 is 9.53 Å². The molecule has 0 N–H and O–H groups in total. The van der Waals surface area contributed by atoms with E-state index in [0.717, 1.165) is 11.1 Å². The number of rotatable bonds is 5. The Morgan fingerprint density at radius 1 is 0.839 bits per heavy atom. The second-order valence-corrected chi connectivity index (χ2v) is 7.54. The first-order chi connectivity index (χ1) is 15.1. The summed E-state index contributed by atoms with van der Waals surface area (Å²) < 4.78 is 5.37. The molecule has 0 fully saturated rings. The van der Waals surface area contributed by atoms with Crippen molar-refractivity contribution in [2.24, 2.45) is 0 Å². The number of halogens is 2. The van der Waals surface area contributed by atoms with E-state index in [4.69, 9.17) is 37.9 Å². The number of ether oxygens (including phenoxy) is 1. The molecule has 0 aliphatic heterocycles. The van der Waals surface area contributed by atoms with Crippen molar-refractivity contribution in [3.05, 3.63) is 94.5 Å². The fourth-order valence-electron chi connectivity index (χ4n) is 3.26. The van der Waals surface area contributed by atoms with Crippen molar-refractivity contribution in [2.75, 3.05) is 6.61 Å². The molecule has 6 heteroatoms. The van der Waals surface area contributed by atoms with Crippen LogP contribution >= 0.6 is 23.2 Å². The number of nitrogens with zero attached hydrogens (tertiary/aromatic N) is 2. The summed E-state index contributed by atoms with van der Waals surface area (Å²) in [5.41, 5.74) is 3.31. The van der Waals surface area contributed by atoms with Crippen LogP contribution in [-0.2, 0) is 4.74 Å². The van der Waals surface area contributed by atoms with E-state index in [1.807, 2.05) is 60.7 Å². The quantitative estimate of drug-likeness (QED) is 0.309. The van der Waals surface area contributed by atoms with E-state index in [1.165, 1.54) is 0 Å². The molecule has 1 heterocycles. The maximum absolute atomic E-state index is 13.1. The molecule has 31 heavy (non-hydrogen) atoms. The highest BCUT2D eigenvalue weighted by molar-refractivity contribution is 6.36. The second-order valence-electron chi connectivity index (χ2n) is 6.70. The molecule has 0 aliphatic carbocycles. The SMILES string of the molecule is CCOC(=O)c1c(-c2ccccc2)nc(-c2ccccc2)nc1-c1ccc(Cl)cc1Cl. The molecule has 0 saturated carbocycles. The van der Waals surface area contributed by atoms with Gasteiger partial charge in [-0.3, -0.25) is 0 Å². The van der Waals surface area contributed by atoms with E-state index < -0.39 is 5.97 Å². The van der Waals surface area contributed by atoms with Gasteiger partial charge < -0.3 is 4.74 Å². The molecule has 4 nitrogen and oxygen atoms in total. The van der Waals surface area contributed by atoms with Gasteiger partial charge in [-0.25, -0.2) is 14.8 Å². The molecule has 1 aromatic heterocycles. The van der Waals surface area contributed by atoms with Crippen LogP contribution in [0.1, 0.15) is 17.3 Å². The van der Waals surface area contributed by atoms with Crippen LogP contribution < -0.4 is 0 Å². The Bertz CT molecular complexity index is 1230. The van der Waals surface area contributed by atoms with Gasteiger partial charge in [0.15, 0.2) is 5.82 Å². The first kappa shape index (κ1) is 21.0. The Balaban J connectivity index is 2.08. The second kappa shape index (κ2) is 9.29. The number of carbonyl (C=O) groups is 1. The third-order valence-electron chi connectivity index (χ3n) is 4.65. The van der Waals surface area contributed by atoms with Gasteiger partial charge in [0.05, 0.1) is 23.0 Å². The fourth-order valence-corrected chi connectivity index (χ4v) is 3.75. The lowest BCUT2D eigenvalue weighted by molar-refractivity contribution is 0.0527. The number of benzene rings is 3. The molecule has 4 aromatic rings. The lowest BCUT2D eigenvalue weighted by atomic mass is 9.99. The zero-order chi connectivity index (χ0) is 21.8. The van der Waals surface area contributed by atoms with Gasteiger partial charge in [0.25, 0.3) is 0 Å². The Labute approximate surface area is 190 Å². The van der Waals surface area contributed by atoms with Crippen molar-refractivity contribution in [1.82, 2.24) is 9.97 Å². The third kappa shape index (κ3) is 4.46. The molecular weight excluding hydrogens is 431 g/mol. The normalized spacial score (nSPS) is 10.7. The zero-order valence-corrected chi connectivity index (χ0v) is 18.2. The molecule has 0 amide bonds. The Hall–Kier alpha value is -3.21. The van der Waals surface area contributed by atoms with E-state index in [0.29, 0.717) is 32.8 Å². The molecule has 154 valence electrons.